The van der Waals surface area contributed by atoms with Crippen molar-refractivity contribution in [2.45, 2.75) is 146 Å². The van der Waals surface area contributed by atoms with Crippen LogP contribution in [0, 0.1) is 59.2 Å². The summed E-state index contributed by atoms with van der Waals surface area (Å²) in [6.45, 7) is 0.671. The van der Waals surface area contributed by atoms with E-state index in [4.69, 9.17) is 14.0 Å². The maximum atomic E-state index is 14.4. The molecule has 0 aromatic rings. The molecule has 7 aliphatic rings. The summed E-state index contributed by atoms with van der Waals surface area (Å²) in [6, 6.07) is -0.637. The van der Waals surface area contributed by atoms with Crippen molar-refractivity contribution in [2.75, 3.05) is 0 Å². The Balaban J connectivity index is 1.06. The van der Waals surface area contributed by atoms with E-state index in [1.54, 1.807) is 0 Å². The van der Waals surface area contributed by atoms with Gasteiger partial charge in [-0.1, -0.05) is 38.5 Å². The molecule has 1 heterocycles. The van der Waals surface area contributed by atoms with E-state index in [1.807, 2.05) is 0 Å². The predicted molar refractivity (Wildman–Crippen MR) is 172 cm³/mol. The zero-order valence-corrected chi connectivity index (χ0v) is 29.3. The van der Waals surface area contributed by atoms with Gasteiger partial charge in [0.1, 0.15) is 12.3 Å². The fourth-order valence-corrected chi connectivity index (χ4v) is 12.4. The predicted octanol–water partition coefficient (Wildman–Crippen LogP) is 5.72. The van der Waals surface area contributed by atoms with Crippen molar-refractivity contribution in [1.29, 1.82) is 0 Å². The highest BCUT2D eigenvalue weighted by Gasteiger charge is 2.72. The number of carbonyl (C=O) groups excluding carboxylic acids is 3. The number of hydrogen-bond donors (Lipinski definition) is 2. The van der Waals surface area contributed by atoms with E-state index in [0.717, 1.165) is 32.1 Å². The van der Waals surface area contributed by atoms with Gasteiger partial charge in [0.2, 0.25) is 5.91 Å². The van der Waals surface area contributed by atoms with Crippen LogP contribution < -0.4 is 0 Å². The second-order valence-electron chi connectivity index (χ2n) is 17.0. The molecule has 1 aliphatic heterocycles. The molecule has 6 saturated carbocycles. The zero-order chi connectivity index (χ0) is 34.8. The van der Waals surface area contributed by atoms with Crippen LogP contribution in [0.25, 0.3) is 0 Å². The first-order valence-corrected chi connectivity index (χ1v) is 20.4. The van der Waals surface area contributed by atoms with E-state index in [9.17, 15) is 36.7 Å². The number of alkyl halides is 2. The molecule has 12 unspecified atom stereocenters. The van der Waals surface area contributed by atoms with Gasteiger partial charge in [-0.3, -0.25) is 18.9 Å². The van der Waals surface area contributed by atoms with Gasteiger partial charge >= 0.3 is 27.3 Å². The summed E-state index contributed by atoms with van der Waals surface area (Å²) in [4.78, 5) is 42.4. The lowest BCUT2D eigenvalue weighted by Crippen LogP contribution is -2.50. The molecule has 2 N–H and O–H groups in total. The standard InChI is InChI=1S/C36H53F2NO9S/c1-19(36(37,38)49(44,45)46)47-35(43)31-27-18-26-30(31)34(42)39(28(40)10-8-24-14-20-4-2-5-21(12-20)15-24)32(26)33(27)48-29(41)11-9-25-16-22-6-3-7-23(13-22)17-25/h19-28,30-33,40H,2-18H2,1H3,(H,44,45,46). The van der Waals surface area contributed by atoms with Gasteiger partial charge in [0.05, 0.1) is 17.9 Å². The van der Waals surface area contributed by atoms with Crippen LogP contribution in [0.15, 0.2) is 0 Å². The number of carbonyl (C=O) groups is 3. The van der Waals surface area contributed by atoms with Crippen molar-refractivity contribution in [3.8, 4) is 0 Å². The van der Waals surface area contributed by atoms with Crippen LogP contribution in [0.4, 0.5) is 8.78 Å². The minimum Gasteiger partial charge on any atom is -0.460 e. The Bertz CT molecular complexity index is 1370. The van der Waals surface area contributed by atoms with E-state index in [1.165, 1.54) is 56.3 Å². The zero-order valence-electron chi connectivity index (χ0n) is 28.5. The molecule has 6 aliphatic carbocycles. The molecule has 1 saturated heterocycles. The molecular weight excluding hydrogens is 660 g/mol. The van der Waals surface area contributed by atoms with Crippen LogP contribution in [0.3, 0.4) is 0 Å². The van der Waals surface area contributed by atoms with Gasteiger partial charge in [0.15, 0.2) is 6.10 Å². The molecule has 7 rings (SSSR count). The Labute approximate surface area is 288 Å². The number of amides is 1. The lowest BCUT2D eigenvalue weighted by Gasteiger charge is -2.40. The van der Waals surface area contributed by atoms with E-state index in [2.05, 4.69) is 0 Å². The van der Waals surface area contributed by atoms with Crippen LogP contribution in [-0.2, 0) is 34.0 Å². The fourth-order valence-electron chi connectivity index (χ4n) is 12.0. The summed E-state index contributed by atoms with van der Waals surface area (Å²) < 4.78 is 71.5. The summed E-state index contributed by atoms with van der Waals surface area (Å²) in [7, 11) is -5.88. The third-order valence-corrected chi connectivity index (χ3v) is 14.9. The molecule has 0 radical (unpaired) electrons. The van der Waals surface area contributed by atoms with Crippen molar-refractivity contribution < 1.29 is 50.7 Å². The van der Waals surface area contributed by atoms with E-state index >= 15 is 0 Å². The Hall–Kier alpha value is -1.86. The lowest BCUT2D eigenvalue weighted by atomic mass is 9.67. The number of hydrogen-bond acceptors (Lipinski definition) is 8. The molecule has 0 spiro atoms. The second-order valence-corrected chi connectivity index (χ2v) is 18.5. The number of likely N-dealkylation sites (tertiary alicyclic amines) is 1. The highest BCUT2D eigenvalue weighted by atomic mass is 32.2. The maximum absolute atomic E-state index is 14.4. The summed E-state index contributed by atoms with van der Waals surface area (Å²) in [5.41, 5.74) is 0. The largest absolute Gasteiger partial charge is 0.460 e. The molecule has 13 heteroatoms. The summed E-state index contributed by atoms with van der Waals surface area (Å²) in [5, 5.41) is 6.80. The van der Waals surface area contributed by atoms with Crippen LogP contribution in [0.5, 0.6) is 0 Å². The average Bonchev–Trinajstić information content (AvgIpc) is 3.65. The van der Waals surface area contributed by atoms with Crippen molar-refractivity contribution in [2.24, 2.45) is 59.2 Å². The third-order valence-electron chi connectivity index (χ3n) is 13.9. The van der Waals surface area contributed by atoms with Crippen molar-refractivity contribution in [3.63, 3.8) is 0 Å². The van der Waals surface area contributed by atoms with Gasteiger partial charge in [-0.15, -0.1) is 0 Å². The Morgan fingerprint density at radius 1 is 0.898 bits per heavy atom. The topological polar surface area (TPSA) is 148 Å². The van der Waals surface area contributed by atoms with E-state index in [0.29, 0.717) is 61.7 Å². The van der Waals surface area contributed by atoms with Crippen LogP contribution in [0.1, 0.15) is 116 Å². The smallest absolute Gasteiger partial charge is 0.405 e. The van der Waals surface area contributed by atoms with Gasteiger partial charge in [-0.05, 0) is 113 Å². The molecule has 6 bridgehead atoms. The van der Waals surface area contributed by atoms with Crippen LogP contribution in [-0.4, -0.2) is 70.6 Å². The lowest BCUT2D eigenvalue weighted by molar-refractivity contribution is -0.174. The highest BCUT2D eigenvalue weighted by Crippen LogP contribution is 2.61. The first-order valence-electron chi connectivity index (χ1n) is 19.0. The fraction of sp³-hybridized carbons (Fsp3) is 0.917. The molecule has 49 heavy (non-hydrogen) atoms. The molecule has 0 aromatic carbocycles. The quantitative estimate of drug-likeness (QED) is 0.192. The molecule has 7 fully saturated rings. The Kier molecular flexibility index (Phi) is 9.86. The Morgan fingerprint density at radius 3 is 2.00 bits per heavy atom. The number of fused-ring (bicyclic) bond motifs is 5. The third kappa shape index (κ3) is 6.78. The van der Waals surface area contributed by atoms with Gasteiger partial charge in [0.25, 0.3) is 0 Å². The average molecular weight is 714 g/mol. The van der Waals surface area contributed by atoms with Gasteiger partial charge in [0, 0.05) is 12.3 Å². The van der Waals surface area contributed by atoms with E-state index in [-0.39, 0.29) is 6.42 Å². The first kappa shape index (κ1) is 35.5. The number of nitrogens with zero attached hydrogens (tertiary/aromatic N) is 1. The molecular formula is C36H53F2NO9S. The number of halogens is 2. The number of aliphatic hydroxyl groups is 1. The summed E-state index contributed by atoms with van der Waals surface area (Å²) in [6.07, 6.45) is 12.3. The molecule has 12 atom stereocenters. The number of rotatable bonds is 12. The molecule has 0 aromatic heterocycles. The number of esters is 2. The monoisotopic (exact) mass is 713 g/mol. The van der Waals surface area contributed by atoms with Crippen molar-refractivity contribution >= 4 is 28.0 Å². The van der Waals surface area contributed by atoms with Crippen molar-refractivity contribution in [3.05, 3.63) is 0 Å². The first-order chi connectivity index (χ1) is 23.2. The molecule has 10 nitrogen and oxygen atoms in total. The summed E-state index contributed by atoms with van der Waals surface area (Å²) in [5.74, 6) is -1.73. The minimum absolute atomic E-state index is 0.196. The summed E-state index contributed by atoms with van der Waals surface area (Å²) >= 11 is 0. The van der Waals surface area contributed by atoms with Gasteiger partial charge in [-0.25, -0.2) is 0 Å². The SMILES string of the molecule is CC(OC(=O)C1C2CC3C1C(=O)N(C(O)CCC1CC4CCCC(C4)C1)C3C2OC(=O)CCC1CC2CCCC(C2)C1)C(F)(F)S(=O)(=O)O. The number of ether oxygens (including phenoxy) is 2. The van der Waals surface area contributed by atoms with Gasteiger partial charge < -0.3 is 19.5 Å². The van der Waals surface area contributed by atoms with Crippen LogP contribution in [0.2, 0.25) is 0 Å². The number of aliphatic hydroxyl groups excluding tert-OH is 1. The van der Waals surface area contributed by atoms with Gasteiger partial charge in [-0.2, -0.15) is 17.2 Å². The maximum Gasteiger partial charge on any atom is 0.405 e. The second kappa shape index (κ2) is 13.6. The van der Waals surface area contributed by atoms with E-state index < -0.39 is 81.4 Å². The Morgan fingerprint density at radius 2 is 1.45 bits per heavy atom. The molecule has 1 amide bonds. The highest BCUT2D eigenvalue weighted by molar-refractivity contribution is 7.86. The molecule has 276 valence electrons. The minimum atomic E-state index is -5.88. The van der Waals surface area contributed by atoms with Crippen LogP contribution >= 0.6 is 0 Å². The normalized spacial score (nSPS) is 41.0. The van der Waals surface area contributed by atoms with Crippen molar-refractivity contribution in [1.82, 2.24) is 4.90 Å².